The van der Waals surface area contributed by atoms with Gasteiger partial charge in [-0.1, -0.05) is 23.7 Å². The number of nitrogens with two attached hydrogens (primary N) is 1. The van der Waals surface area contributed by atoms with Crippen LogP contribution in [0.5, 0.6) is 0 Å². The molecule has 0 saturated heterocycles. The van der Waals surface area contributed by atoms with E-state index in [1.54, 1.807) is 6.07 Å². The SMILES string of the molecule is NS(=O)(=O)c1ccc(Cl)c(C(=O)Nc2ccccc2C(=O)O)c1. The zero-order valence-corrected chi connectivity index (χ0v) is 13.1. The highest BCUT2D eigenvalue weighted by molar-refractivity contribution is 7.89. The number of nitrogens with one attached hydrogen (secondary N) is 1. The molecule has 1 amide bonds. The van der Waals surface area contributed by atoms with E-state index in [1.165, 1.54) is 30.3 Å². The number of carboxylic acids is 1. The van der Waals surface area contributed by atoms with Crippen molar-refractivity contribution >= 4 is 39.2 Å². The highest BCUT2D eigenvalue weighted by atomic mass is 35.5. The van der Waals surface area contributed by atoms with Gasteiger partial charge >= 0.3 is 5.97 Å². The fourth-order valence-electron chi connectivity index (χ4n) is 1.82. The van der Waals surface area contributed by atoms with Gasteiger partial charge in [-0.05, 0) is 30.3 Å². The zero-order valence-electron chi connectivity index (χ0n) is 11.5. The third-order valence-electron chi connectivity index (χ3n) is 2.92. The molecule has 9 heteroatoms. The van der Waals surface area contributed by atoms with Crippen molar-refractivity contribution in [3.8, 4) is 0 Å². The molecule has 0 atom stereocenters. The molecule has 23 heavy (non-hydrogen) atoms. The van der Waals surface area contributed by atoms with Gasteiger partial charge in [0.15, 0.2) is 0 Å². The fraction of sp³-hybridized carbons (Fsp3) is 0. The minimum Gasteiger partial charge on any atom is -0.478 e. The van der Waals surface area contributed by atoms with Crippen molar-refractivity contribution in [1.82, 2.24) is 0 Å². The normalized spacial score (nSPS) is 11.0. The summed E-state index contributed by atoms with van der Waals surface area (Å²) in [5.74, 6) is -1.97. The summed E-state index contributed by atoms with van der Waals surface area (Å²) in [4.78, 5) is 23.1. The first-order chi connectivity index (χ1) is 10.7. The molecule has 0 aromatic heterocycles. The van der Waals surface area contributed by atoms with Crippen LogP contribution in [0.4, 0.5) is 5.69 Å². The summed E-state index contributed by atoms with van der Waals surface area (Å²) < 4.78 is 22.7. The maximum absolute atomic E-state index is 12.3. The van der Waals surface area contributed by atoms with Gasteiger partial charge in [0.05, 0.1) is 26.7 Å². The summed E-state index contributed by atoms with van der Waals surface area (Å²) >= 11 is 5.90. The van der Waals surface area contributed by atoms with Crippen molar-refractivity contribution < 1.29 is 23.1 Å². The second kappa shape index (κ2) is 6.37. The van der Waals surface area contributed by atoms with Gasteiger partial charge in [0.1, 0.15) is 0 Å². The Morgan fingerprint density at radius 1 is 1.09 bits per heavy atom. The molecule has 0 radical (unpaired) electrons. The van der Waals surface area contributed by atoms with Crippen molar-refractivity contribution in [3.63, 3.8) is 0 Å². The van der Waals surface area contributed by atoms with Gasteiger partial charge in [0.25, 0.3) is 5.91 Å². The van der Waals surface area contributed by atoms with Crippen molar-refractivity contribution in [2.45, 2.75) is 4.90 Å². The molecule has 0 aliphatic rings. The molecule has 0 aliphatic heterocycles. The van der Waals surface area contributed by atoms with E-state index in [-0.39, 0.29) is 26.7 Å². The molecule has 2 aromatic carbocycles. The number of hydrogen-bond donors (Lipinski definition) is 3. The molecule has 2 aromatic rings. The molecule has 0 saturated carbocycles. The maximum atomic E-state index is 12.3. The van der Waals surface area contributed by atoms with E-state index >= 15 is 0 Å². The largest absolute Gasteiger partial charge is 0.478 e. The number of benzene rings is 2. The molecule has 4 N–H and O–H groups in total. The highest BCUT2D eigenvalue weighted by Gasteiger charge is 2.18. The number of amides is 1. The average molecular weight is 355 g/mol. The zero-order chi connectivity index (χ0) is 17.2. The van der Waals surface area contributed by atoms with Gasteiger partial charge in [-0.2, -0.15) is 0 Å². The minimum absolute atomic E-state index is 0.00251. The first-order valence-electron chi connectivity index (χ1n) is 6.16. The second-order valence-corrected chi connectivity index (χ2v) is 6.46. The number of primary sulfonamides is 1. The first kappa shape index (κ1) is 16.9. The smallest absolute Gasteiger partial charge is 0.337 e. The lowest BCUT2D eigenvalue weighted by atomic mass is 10.1. The number of anilines is 1. The number of hydrogen-bond acceptors (Lipinski definition) is 4. The molecule has 2 rings (SSSR count). The quantitative estimate of drug-likeness (QED) is 0.773. The predicted octanol–water partition coefficient (Wildman–Crippen LogP) is 1.94. The Labute approximate surface area is 136 Å². The first-order valence-corrected chi connectivity index (χ1v) is 8.08. The van der Waals surface area contributed by atoms with Crippen LogP contribution in [-0.4, -0.2) is 25.4 Å². The highest BCUT2D eigenvalue weighted by Crippen LogP contribution is 2.22. The van der Waals surface area contributed by atoms with Crippen molar-refractivity contribution in [1.29, 1.82) is 0 Å². The number of rotatable bonds is 4. The summed E-state index contributed by atoms with van der Waals surface area (Å²) in [6.07, 6.45) is 0. The molecule has 0 spiro atoms. The number of carboxylic acid groups (broad SMARTS) is 1. The number of aromatic carboxylic acids is 1. The van der Waals surface area contributed by atoms with E-state index in [4.69, 9.17) is 21.8 Å². The standard InChI is InChI=1S/C14H11ClN2O5S/c15-11-6-5-8(23(16,21)22)7-10(11)13(18)17-12-4-2-1-3-9(12)14(19)20/h1-7H,(H,17,18)(H,19,20)(H2,16,21,22). The molecule has 0 unspecified atom stereocenters. The van der Waals surface area contributed by atoms with Crippen molar-refractivity contribution in [2.75, 3.05) is 5.32 Å². The average Bonchev–Trinajstić information content (AvgIpc) is 2.46. The van der Waals surface area contributed by atoms with E-state index in [0.29, 0.717) is 0 Å². The molecule has 0 fully saturated rings. The Bertz CT molecular complexity index is 896. The van der Waals surface area contributed by atoms with E-state index < -0.39 is 21.9 Å². The Morgan fingerprint density at radius 2 is 1.74 bits per heavy atom. The molecule has 120 valence electrons. The van der Waals surface area contributed by atoms with Crippen LogP contribution in [0.2, 0.25) is 5.02 Å². The Hall–Kier alpha value is -2.42. The van der Waals surface area contributed by atoms with Gasteiger partial charge in [-0.25, -0.2) is 18.4 Å². The van der Waals surface area contributed by atoms with Crippen LogP contribution in [0.1, 0.15) is 20.7 Å². The Morgan fingerprint density at radius 3 is 2.35 bits per heavy atom. The second-order valence-electron chi connectivity index (χ2n) is 4.49. The Kier molecular flexibility index (Phi) is 4.69. The van der Waals surface area contributed by atoms with Gasteiger partial charge in [-0.15, -0.1) is 0 Å². The molecule has 0 heterocycles. The number of carbonyl (C=O) groups is 2. The number of halogens is 1. The van der Waals surface area contributed by atoms with Crippen LogP contribution in [0, 0.1) is 0 Å². The molecule has 7 nitrogen and oxygen atoms in total. The fourth-order valence-corrected chi connectivity index (χ4v) is 2.57. The molecular weight excluding hydrogens is 344 g/mol. The van der Waals surface area contributed by atoms with Gasteiger partial charge in [-0.3, -0.25) is 4.79 Å². The minimum atomic E-state index is -4.00. The van der Waals surface area contributed by atoms with E-state index in [1.807, 2.05) is 0 Å². The third kappa shape index (κ3) is 3.86. The predicted molar refractivity (Wildman–Crippen MR) is 84.2 cm³/mol. The summed E-state index contributed by atoms with van der Waals surface area (Å²) in [6, 6.07) is 9.19. The molecule has 0 bridgehead atoms. The maximum Gasteiger partial charge on any atom is 0.337 e. The number of sulfonamides is 1. The van der Waals surface area contributed by atoms with Crippen LogP contribution in [0.15, 0.2) is 47.4 Å². The summed E-state index contributed by atoms with van der Waals surface area (Å²) in [5.41, 5.74) is -0.194. The summed E-state index contributed by atoms with van der Waals surface area (Å²) in [7, 11) is -4.00. The van der Waals surface area contributed by atoms with Crippen molar-refractivity contribution in [2.24, 2.45) is 5.14 Å². The van der Waals surface area contributed by atoms with Crippen molar-refractivity contribution in [3.05, 3.63) is 58.6 Å². The molecular formula is C14H11ClN2O5S. The van der Waals surface area contributed by atoms with Crippen LogP contribution in [-0.2, 0) is 10.0 Å². The number of carbonyl (C=O) groups excluding carboxylic acids is 1. The lowest BCUT2D eigenvalue weighted by Crippen LogP contribution is -2.17. The van der Waals surface area contributed by atoms with Crippen LogP contribution in [0.25, 0.3) is 0 Å². The topological polar surface area (TPSA) is 127 Å². The monoisotopic (exact) mass is 354 g/mol. The van der Waals surface area contributed by atoms with Crippen LogP contribution >= 0.6 is 11.6 Å². The summed E-state index contributed by atoms with van der Waals surface area (Å²) in [6.45, 7) is 0. The lowest BCUT2D eigenvalue weighted by Gasteiger charge is -2.10. The van der Waals surface area contributed by atoms with Gasteiger partial charge in [0.2, 0.25) is 10.0 Å². The van der Waals surface area contributed by atoms with Crippen LogP contribution in [0.3, 0.4) is 0 Å². The van der Waals surface area contributed by atoms with Gasteiger partial charge in [0, 0.05) is 0 Å². The Balaban J connectivity index is 2.41. The third-order valence-corrected chi connectivity index (χ3v) is 4.16. The van der Waals surface area contributed by atoms with E-state index in [9.17, 15) is 18.0 Å². The van der Waals surface area contributed by atoms with Gasteiger partial charge < -0.3 is 10.4 Å². The summed E-state index contributed by atoms with van der Waals surface area (Å²) in [5, 5.41) is 16.5. The number of para-hydroxylation sites is 1. The van der Waals surface area contributed by atoms with E-state index in [0.717, 1.165) is 6.07 Å². The van der Waals surface area contributed by atoms with E-state index in [2.05, 4.69) is 5.32 Å². The van der Waals surface area contributed by atoms with Crippen LogP contribution < -0.4 is 10.5 Å². The molecule has 0 aliphatic carbocycles. The lowest BCUT2D eigenvalue weighted by molar-refractivity contribution is 0.0698.